The molecule has 4 N–H and O–H groups in total. The highest BCUT2D eigenvalue weighted by Gasteiger charge is 2.21. The van der Waals surface area contributed by atoms with Crippen LogP contribution in [0.15, 0.2) is 18.2 Å². The maximum Gasteiger partial charge on any atom is 0.323 e. The maximum atomic E-state index is 11.9. The standard InChI is InChI=1S/C11H11NO7/c13-7-2-1-6(3-8(7)14)11(19)12(4-9(15)16)5-10(17)18/h1-3,13-14H,4-5H2,(H,15,16)(H,17,18). The summed E-state index contributed by atoms with van der Waals surface area (Å²) in [7, 11) is 0. The van der Waals surface area contributed by atoms with E-state index in [1.165, 1.54) is 0 Å². The normalized spacial score (nSPS) is 9.89. The molecule has 0 saturated heterocycles. The smallest absolute Gasteiger partial charge is 0.323 e. The largest absolute Gasteiger partial charge is 0.504 e. The van der Waals surface area contributed by atoms with Crippen molar-refractivity contribution in [2.24, 2.45) is 0 Å². The van der Waals surface area contributed by atoms with Crippen LogP contribution in [-0.4, -0.2) is 56.3 Å². The fourth-order valence-corrected chi connectivity index (χ4v) is 1.37. The average molecular weight is 269 g/mol. The van der Waals surface area contributed by atoms with Gasteiger partial charge in [-0.05, 0) is 18.2 Å². The van der Waals surface area contributed by atoms with Gasteiger partial charge in [0.2, 0.25) is 0 Å². The summed E-state index contributed by atoms with van der Waals surface area (Å²) in [6.07, 6.45) is 0. The van der Waals surface area contributed by atoms with Crippen LogP contribution >= 0.6 is 0 Å². The Labute approximate surface area is 107 Å². The van der Waals surface area contributed by atoms with Gasteiger partial charge in [0.15, 0.2) is 11.5 Å². The molecule has 8 nitrogen and oxygen atoms in total. The SMILES string of the molecule is O=C(O)CN(CC(=O)O)C(=O)c1ccc(O)c(O)c1. The third-order valence-electron chi connectivity index (χ3n) is 2.16. The lowest BCUT2D eigenvalue weighted by Gasteiger charge is -2.18. The minimum absolute atomic E-state index is 0.127. The molecular weight excluding hydrogens is 258 g/mol. The third-order valence-corrected chi connectivity index (χ3v) is 2.16. The number of nitrogens with zero attached hydrogens (tertiary/aromatic N) is 1. The van der Waals surface area contributed by atoms with Gasteiger partial charge in [0, 0.05) is 5.56 Å². The number of hydrogen-bond acceptors (Lipinski definition) is 5. The second kappa shape index (κ2) is 5.71. The fraction of sp³-hybridized carbons (Fsp3) is 0.182. The number of carbonyl (C=O) groups is 3. The number of phenolic OH excluding ortho intramolecular Hbond substituents is 2. The van der Waals surface area contributed by atoms with Crippen molar-refractivity contribution in [3.8, 4) is 11.5 Å². The highest BCUT2D eigenvalue weighted by Crippen LogP contribution is 2.25. The van der Waals surface area contributed by atoms with E-state index in [2.05, 4.69) is 0 Å². The van der Waals surface area contributed by atoms with Crippen molar-refractivity contribution in [1.29, 1.82) is 0 Å². The minimum atomic E-state index is -1.36. The highest BCUT2D eigenvalue weighted by atomic mass is 16.4. The Morgan fingerprint density at radius 1 is 0.947 bits per heavy atom. The number of hydrogen-bond donors (Lipinski definition) is 4. The topological polar surface area (TPSA) is 135 Å². The first kappa shape index (κ1) is 14.3. The van der Waals surface area contributed by atoms with Crippen molar-refractivity contribution in [2.75, 3.05) is 13.1 Å². The summed E-state index contributed by atoms with van der Waals surface area (Å²) in [5.74, 6) is -4.61. The minimum Gasteiger partial charge on any atom is -0.504 e. The van der Waals surface area contributed by atoms with Crippen LogP contribution in [-0.2, 0) is 9.59 Å². The molecule has 0 aliphatic heterocycles. The molecule has 0 bridgehead atoms. The zero-order valence-corrected chi connectivity index (χ0v) is 9.61. The fourth-order valence-electron chi connectivity index (χ4n) is 1.37. The molecule has 102 valence electrons. The van der Waals surface area contributed by atoms with Gasteiger partial charge in [0.25, 0.3) is 5.91 Å². The molecule has 0 aliphatic carbocycles. The van der Waals surface area contributed by atoms with Gasteiger partial charge in [-0.1, -0.05) is 0 Å². The van der Waals surface area contributed by atoms with Crippen molar-refractivity contribution in [3.05, 3.63) is 23.8 Å². The van der Waals surface area contributed by atoms with E-state index >= 15 is 0 Å². The van der Waals surface area contributed by atoms with E-state index in [-0.39, 0.29) is 5.56 Å². The molecule has 0 aliphatic rings. The number of phenols is 2. The average Bonchev–Trinajstić information content (AvgIpc) is 2.29. The molecule has 8 heteroatoms. The molecular formula is C11H11NO7. The van der Waals surface area contributed by atoms with Crippen molar-refractivity contribution < 1.29 is 34.8 Å². The summed E-state index contributed by atoms with van der Waals surface area (Å²) in [4.78, 5) is 33.6. The molecule has 0 spiro atoms. The summed E-state index contributed by atoms with van der Waals surface area (Å²) in [5, 5.41) is 35.6. The van der Waals surface area contributed by atoms with Gasteiger partial charge in [-0.2, -0.15) is 0 Å². The molecule has 1 rings (SSSR count). The van der Waals surface area contributed by atoms with Crippen molar-refractivity contribution >= 4 is 17.8 Å². The highest BCUT2D eigenvalue weighted by molar-refractivity contribution is 5.98. The molecule has 0 aromatic heterocycles. The van der Waals surface area contributed by atoms with Crippen molar-refractivity contribution in [2.45, 2.75) is 0 Å². The van der Waals surface area contributed by atoms with E-state index in [1.807, 2.05) is 0 Å². The number of carboxylic acids is 2. The molecule has 1 aromatic rings. The van der Waals surface area contributed by atoms with E-state index in [4.69, 9.17) is 15.3 Å². The number of carboxylic acid groups (broad SMARTS) is 2. The zero-order valence-electron chi connectivity index (χ0n) is 9.61. The second-order valence-corrected chi connectivity index (χ2v) is 3.65. The monoisotopic (exact) mass is 269 g/mol. The molecule has 1 aromatic carbocycles. The van der Waals surface area contributed by atoms with Crippen LogP contribution < -0.4 is 0 Å². The van der Waals surface area contributed by atoms with Crippen molar-refractivity contribution in [3.63, 3.8) is 0 Å². The Morgan fingerprint density at radius 3 is 1.89 bits per heavy atom. The first-order valence-electron chi connectivity index (χ1n) is 5.06. The van der Waals surface area contributed by atoms with Crippen LogP contribution in [0.3, 0.4) is 0 Å². The van der Waals surface area contributed by atoms with Crippen LogP contribution in [0.5, 0.6) is 11.5 Å². The molecule has 0 atom stereocenters. The number of aromatic hydroxyl groups is 2. The first-order valence-corrected chi connectivity index (χ1v) is 5.06. The molecule has 0 fully saturated rings. The van der Waals surface area contributed by atoms with Crippen LogP contribution in [0.25, 0.3) is 0 Å². The number of benzene rings is 1. The van der Waals surface area contributed by atoms with E-state index < -0.39 is 42.4 Å². The number of carbonyl (C=O) groups excluding carboxylic acids is 1. The van der Waals surface area contributed by atoms with Crippen LogP contribution in [0.4, 0.5) is 0 Å². The Morgan fingerprint density at radius 2 is 1.47 bits per heavy atom. The quantitative estimate of drug-likeness (QED) is 0.539. The molecule has 0 radical (unpaired) electrons. The predicted octanol–water partition coefficient (Wildman–Crippen LogP) is -0.291. The number of rotatable bonds is 5. The van der Waals surface area contributed by atoms with Gasteiger partial charge in [-0.3, -0.25) is 14.4 Å². The molecule has 0 unspecified atom stereocenters. The van der Waals surface area contributed by atoms with Crippen LogP contribution in [0, 0.1) is 0 Å². The summed E-state index contributed by atoms with van der Waals surface area (Å²) in [6.45, 7) is -1.57. The van der Waals surface area contributed by atoms with E-state index in [0.29, 0.717) is 4.90 Å². The van der Waals surface area contributed by atoms with Gasteiger partial charge >= 0.3 is 11.9 Å². The van der Waals surface area contributed by atoms with Crippen LogP contribution in [0.1, 0.15) is 10.4 Å². The lowest BCUT2D eigenvalue weighted by atomic mass is 10.1. The molecule has 19 heavy (non-hydrogen) atoms. The molecule has 0 heterocycles. The van der Waals surface area contributed by atoms with Gasteiger partial charge < -0.3 is 25.3 Å². The summed E-state index contributed by atoms with van der Waals surface area (Å²) in [5.41, 5.74) is -0.127. The van der Waals surface area contributed by atoms with E-state index in [9.17, 15) is 19.5 Å². The third kappa shape index (κ3) is 3.87. The molecule has 1 amide bonds. The van der Waals surface area contributed by atoms with E-state index in [0.717, 1.165) is 18.2 Å². The number of amides is 1. The summed E-state index contributed by atoms with van der Waals surface area (Å²) in [6, 6.07) is 3.12. The maximum absolute atomic E-state index is 11.9. The van der Waals surface area contributed by atoms with Gasteiger partial charge in [0.05, 0.1) is 0 Å². The first-order chi connectivity index (χ1) is 8.81. The summed E-state index contributed by atoms with van der Waals surface area (Å²) >= 11 is 0. The lowest BCUT2D eigenvalue weighted by molar-refractivity contribution is -0.140. The van der Waals surface area contributed by atoms with Crippen molar-refractivity contribution in [1.82, 2.24) is 4.90 Å². The Balaban J connectivity index is 3.00. The van der Waals surface area contributed by atoms with Gasteiger partial charge in [0.1, 0.15) is 13.1 Å². The van der Waals surface area contributed by atoms with E-state index in [1.54, 1.807) is 0 Å². The Kier molecular flexibility index (Phi) is 4.30. The summed E-state index contributed by atoms with van der Waals surface area (Å²) < 4.78 is 0. The molecule has 0 saturated carbocycles. The predicted molar refractivity (Wildman–Crippen MR) is 60.9 cm³/mol. The number of aliphatic carboxylic acids is 2. The second-order valence-electron chi connectivity index (χ2n) is 3.65. The Hall–Kier alpha value is -2.77. The van der Waals surface area contributed by atoms with Gasteiger partial charge in [-0.25, -0.2) is 0 Å². The zero-order chi connectivity index (χ0) is 14.6. The lowest BCUT2D eigenvalue weighted by Crippen LogP contribution is -2.39. The van der Waals surface area contributed by atoms with Crippen LogP contribution in [0.2, 0.25) is 0 Å². The Bertz CT molecular complexity index is 510. The van der Waals surface area contributed by atoms with Gasteiger partial charge in [-0.15, -0.1) is 0 Å².